The fourth-order valence-corrected chi connectivity index (χ4v) is 2.84. The minimum absolute atomic E-state index is 0.0712. The molecule has 0 aliphatic rings. The van der Waals surface area contributed by atoms with Gasteiger partial charge >= 0.3 is 6.09 Å². The lowest BCUT2D eigenvalue weighted by Crippen LogP contribution is -2.54. The summed E-state index contributed by atoms with van der Waals surface area (Å²) >= 11 is 0. The molecule has 2 N–H and O–H groups in total. The Labute approximate surface area is 156 Å². The molecule has 27 heavy (non-hydrogen) atoms. The van der Waals surface area contributed by atoms with E-state index < -0.39 is 34.9 Å². The summed E-state index contributed by atoms with van der Waals surface area (Å²) in [5.74, 6) is -1.22. The average molecular weight is 382 g/mol. The zero-order chi connectivity index (χ0) is 20.6. The SMILES string of the molecule is COC(C)(C)C(c1nc(-c2cc(F)ccc2F)n[nH]1)N(C(=O)O)C(C)(C)C. The predicted molar refractivity (Wildman–Crippen MR) is 95.2 cm³/mol. The number of ether oxygens (including phenoxy) is 1. The van der Waals surface area contributed by atoms with Gasteiger partial charge in [0.1, 0.15) is 17.7 Å². The smallest absolute Gasteiger partial charge is 0.408 e. The first-order chi connectivity index (χ1) is 12.4. The van der Waals surface area contributed by atoms with Crippen molar-refractivity contribution in [3.05, 3.63) is 35.7 Å². The van der Waals surface area contributed by atoms with E-state index in [-0.39, 0.29) is 17.2 Å². The maximum Gasteiger partial charge on any atom is 0.408 e. The van der Waals surface area contributed by atoms with Crippen molar-refractivity contribution in [2.45, 2.75) is 51.8 Å². The number of hydrogen-bond donors (Lipinski definition) is 2. The number of rotatable bonds is 5. The second-order valence-electron chi connectivity index (χ2n) is 7.70. The van der Waals surface area contributed by atoms with Crippen LogP contribution in [0.5, 0.6) is 0 Å². The normalized spacial score (nSPS) is 13.5. The summed E-state index contributed by atoms with van der Waals surface area (Å²) < 4.78 is 33.1. The number of carboxylic acid groups (broad SMARTS) is 1. The van der Waals surface area contributed by atoms with E-state index in [0.717, 1.165) is 18.2 Å². The summed E-state index contributed by atoms with van der Waals surface area (Å²) in [4.78, 5) is 17.5. The van der Waals surface area contributed by atoms with Gasteiger partial charge < -0.3 is 9.84 Å². The van der Waals surface area contributed by atoms with Gasteiger partial charge in [-0.25, -0.2) is 18.6 Å². The fraction of sp³-hybridized carbons (Fsp3) is 0.500. The van der Waals surface area contributed by atoms with Crippen molar-refractivity contribution in [3.63, 3.8) is 0 Å². The van der Waals surface area contributed by atoms with Crippen LogP contribution in [0.15, 0.2) is 18.2 Å². The number of carbonyl (C=O) groups is 1. The fourth-order valence-electron chi connectivity index (χ4n) is 2.84. The quantitative estimate of drug-likeness (QED) is 0.816. The molecule has 2 rings (SSSR count). The average Bonchev–Trinajstić information content (AvgIpc) is 3.02. The van der Waals surface area contributed by atoms with Gasteiger partial charge in [-0.05, 0) is 52.8 Å². The van der Waals surface area contributed by atoms with E-state index in [0.29, 0.717) is 0 Å². The number of nitrogens with zero attached hydrogens (tertiary/aromatic N) is 3. The van der Waals surface area contributed by atoms with Crippen LogP contribution in [-0.4, -0.2) is 49.5 Å². The number of aromatic amines is 1. The summed E-state index contributed by atoms with van der Waals surface area (Å²) in [5, 5.41) is 16.4. The summed E-state index contributed by atoms with van der Waals surface area (Å²) in [7, 11) is 1.46. The highest BCUT2D eigenvalue weighted by atomic mass is 19.1. The molecular formula is C18H24F2N4O3. The van der Waals surface area contributed by atoms with Crippen LogP contribution in [0, 0.1) is 11.6 Å². The molecule has 0 aliphatic carbocycles. The third-order valence-electron chi connectivity index (χ3n) is 4.30. The monoisotopic (exact) mass is 382 g/mol. The summed E-state index contributed by atoms with van der Waals surface area (Å²) in [5.41, 5.74) is -1.89. The molecule has 2 aromatic rings. The van der Waals surface area contributed by atoms with Crippen LogP contribution < -0.4 is 0 Å². The lowest BCUT2D eigenvalue weighted by molar-refractivity contribution is -0.0728. The van der Waals surface area contributed by atoms with E-state index in [1.165, 1.54) is 12.0 Å². The van der Waals surface area contributed by atoms with Gasteiger partial charge in [0.15, 0.2) is 11.6 Å². The molecular weight excluding hydrogens is 358 g/mol. The van der Waals surface area contributed by atoms with Gasteiger partial charge in [-0.15, -0.1) is 0 Å². The van der Waals surface area contributed by atoms with Crippen LogP contribution in [0.1, 0.15) is 46.5 Å². The zero-order valence-corrected chi connectivity index (χ0v) is 16.2. The molecule has 0 aliphatic heterocycles. The Morgan fingerprint density at radius 2 is 1.89 bits per heavy atom. The minimum atomic E-state index is -1.17. The molecule has 7 nitrogen and oxygen atoms in total. The van der Waals surface area contributed by atoms with Gasteiger partial charge in [0, 0.05) is 12.6 Å². The summed E-state index contributed by atoms with van der Waals surface area (Å²) in [6.07, 6.45) is -1.17. The van der Waals surface area contributed by atoms with Gasteiger partial charge in [-0.2, -0.15) is 5.10 Å². The van der Waals surface area contributed by atoms with Crippen LogP contribution >= 0.6 is 0 Å². The molecule has 1 aromatic carbocycles. The highest BCUT2D eigenvalue weighted by Gasteiger charge is 2.45. The molecule has 1 aromatic heterocycles. The van der Waals surface area contributed by atoms with Crippen molar-refractivity contribution in [2.24, 2.45) is 0 Å². The standard InChI is InChI=1S/C18H24F2N4O3/c1-17(2,3)24(16(25)26)13(18(4,5)27-6)15-21-14(22-23-15)11-9-10(19)7-8-12(11)20/h7-9,13H,1-6H3,(H,25,26)(H,21,22,23). The Hall–Kier alpha value is -2.55. The van der Waals surface area contributed by atoms with Crippen molar-refractivity contribution in [1.29, 1.82) is 0 Å². The number of methoxy groups -OCH3 is 1. The lowest BCUT2D eigenvalue weighted by Gasteiger charge is -2.44. The number of benzene rings is 1. The number of nitrogens with one attached hydrogen (secondary N) is 1. The van der Waals surface area contributed by atoms with Gasteiger partial charge in [0.05, 0.1) is 11.2 Å². The number of halogens is 2. The van der Waals surface area contributed by atoms with Gasteiger partial charge in [-0.1, -0.05) is 0 Å². The lowest BCUT2D eigenvalue weighted by atomic mass is 9.92. The topological polar surface area (TPSA) is 91.3 Å². The number of H-pyrrole nitrogens is 1. The second kappa shape index (κ2) is 7.22. The number of hydrogen-bond acceptors (Lipinski definition) is 4. The van der Waals surface area contributed by atoms with Crippen LogP contribution in [-0.2, 0) is 4.74 Å². The number of amides is 1. The number of aromatic nitrogens is 3. The van der Waals surface area contributed by atoms with Gasteiger partial charge in [0.2, 0.25) is 0 Å². The van der Waals surface area contributed by atoms with E-state index in [9.17, 15) is 18.7 Å². The Kier molecular flexibility index (Phi) is 5.55. The highest BCUT2D eigenvalue weighted by molar-refractivity contribution is 5.67. The molecule has 0 saturated heterocycles. The molecule has 1 unspecified atom stereocenters. The Morgan fingerprint density at radius 1 is 1.26 bits per heavy atom. The molecule has 0 saturated carbocycles. The van der Waals surface area contributed by atoms with Gasteiger partial charge in [-0.3, -0.25) is 10.00 Å². The molecule has 148 valence electrons. The van der Waals surface area contributed by atoms with Crippen molar-refractivity contribution < 1.29 is 23.4 Å². The summed E-state index contributed by atoms with van der Waals surface area (Å²) in [6.45, 7) is 8.64. The first kappa shape index (κ1) is 20.8. The van der Waals surface area contributed by atoms with Crippen LogP contribution in [0.3, 0.4) is 0 Å². The molecule has 1 amide bonds. The van der Waals surface area contributed by atoms with E-state index in [1.807, 2.05) is 0 Å². The molecule has 0 fully saturated rings. The Balaban J connectivity index is 2.60. The highest BCUT2D eigenvalue weighted by Crippen LogP contribution is 2.37. The van der Waals surface area contributed by atoms with Crippen LogP contribution in [0.2, 0.25) is 0 Å². The largest absolute Gasteiger partial charge is 0.465 e. The molecule has 1 heterocycles. The van der Waals surface area contributed by atoms with E-state index in [4.69, 9.17) is 4.74 Å². The van der Waals surface area contributed by atoms with Crippen molar-refractivity contribution in [1.82, 2.24) is 20.1 Å². The molecule has 0 radical (unpaired) electrons. The van der Waals surface area contributed by atoms with Crippen molar-refractivity contribution in [2.75, 3.05) is 7.11 Å². The maximum atomic E-state index is 14.1. The maximum absolute atomic E-state index is 14.1. The van der Waals surface area contributed by atoms with E-state index in [1.54, 1.807) is 34.6 Å². The van der Waals surface area contributed by atoms with Crippen LogP contribution in [0.4, 0.5) is 13.6 Å². The zero-order valence-electron chi connectivity index (χ0n) is 16.2. The third kappa shape index (κ3) is 4.24. The molecule has 9 heteroatoms. The molecule has 1 atom stereocenters. The second-order valence-corrected chi connectivity index (χ2v) is 7.70. The summed E-state index contributed by atoms with van der Waals surface area (Å²) in [6, 6.07) is 2.08. The first-order valence-corrected chi connectivity index (χ1v) is 8.33. The molecule has 0 spiro atoms. The third-order valence-corrected chi connectivity index (χ3v) is 4.30. The van der Waals surface area contributed by atoms with Crippen molar-refractivity contribution in [3.8, 4) is 11.4 Å². The van der Waals surface area contributed by atoms with Gasteiger partial charge in [0.25, 0.3) is 0 Å². The minimum Gasteiger partial charge on any atom is -0.465 e. The van der Waals surface area contributed by atoms with Crippen molar-refractivity contribution >= 4 is 6.09 Å². The van der Waals surface area contributed by atoms with E-state index >= 15 is 0 Å². The first-order valence-electron chi connectivity index (χ1n) is 8.33. The van der Waals surface area contributed by atoms with E-state index in [2.05, 4.69) is 15.2 Å². The molecule has 0 bridgehead atoms. The Morgan fingerprint density at radius 3 is 2.41 bits per heavy atom. The Bertz CT molecular complexity index is 830. The van der Waals surface area contributed by atoms with Crippen LogP contribution in [0.25, 0.3) is 11.4 Å². The predicted octanol–water partition coefficient (Wildman–Crippen LogP) is 3.99.